The maximum Gasteiger partial charge on any atom is 0.0847 e. The summed E-state index contributed by atoms with van der Waals surface area (Å²) in [6.45, 7) is 0. The summed E-state index contributed by atoms with van der Waals surface area (Å²) in [4.78, 5) is 0. The van der Waals surface area contributed by atoms with Crippen LogP contribution in [0.5, 0.6) is 0 Å². The Balaban J connectivity index is 1.30. The summed E-state index contributed by atoms with van der Waals surface area (Å²) >= 11 is 0. The highest BCUT2D eigenvalue weighted by Crippen LogP contribution is 2.62. The summed E-state index contributed by atoms with van der Waals surface area (Å²) in [5, 5.41) is 0. The van der Waals surface area contributed by atoms with Gasteiger partial charge in [0.1, 0.15) is 0 Å². The third-order valence-electron chi connectivity index (χ3n) is 7.80. The number of hydrogen-bond acceptors (Lipinski definition) is 3. The smallest absolute Gasteiger partial charge is 0.0847 e. The average Bonchev–Trinajstić information content (AvgIpc) is 3.40. The lowest BCUT2D eigenvalue weighted by Crippen LogP contribution is -2.45. The van der Waals surface area contributed by atoms with E-state index in [2.05, 4.69) is 0 Å². The molecule has 3 heterocycles. The molecular formula is C18H26O3. The third-order valence-corrected chi connectivity index (χ3v) is 7.80. The van der Waals surface area contributed by atoms with Crippen LogP contribution >= 0.6 is 0 Å². The van der Waals surface area contributed by atoms with Crippen molar-refractivity contribution in [3.63, 3.8) is 0 Å². The van der Waals surface area contributed by atoms with E-state index in [-0.39, 0.29) is 0 Å². The van der Waals surface area contributed by atoms with Gasteiger partial charge in [-0.2, -0.15) is 0 Å². The van der Waals surface area contributed by atoms with E-state index in [1.54, 1.807) is 0 Å². The molecule has 0 spiro atoms. The van der Waals surface area contributed by atoms with Gasteiger partial charge in [-0.25, -0.2) is 0 Å². The first-order valence-corrected chi connectivity index (χ1v) is 9.28. The van der Waals surface area contributed by atoms with Crippen molar-refractivity contribution in [2.24, 2.45) is 17.3 Å². The maximum absolute atomic E-state index is 5.93. The Morgan fingerprint density at radius 2 is 1.14 bits per heavy atom. The van der Waals surface area contributed by atoms with Crippen molar-refractivity contribution in [2.45, 2.75) is 94.4 Å². The van der Waals surface area contributed by atoms with Gasteiger partial charge < -0.3 is 14.2 Å². The van der Waals surface area contributed by atoms with Gasteiger partial charge in [-0.3, -0.25) is 0 Å². The molecule has 0 aromatic carbocycles. The molecule has 0 aromatic rings. The van der Waals surface area contributed by atoms with E-state index in [9.17, 15) is 0 Å². The molecule has 3 heteroatoms. The second kappa shape index (κ2) is 4.04. The first-order valence-electron chi connectivity index (χ1n) is 9.28. The fourth-order valence-corrected chi connectivity index (χ4v) is 6.43. The number of rotatable bonds is 2. The van der Waals surface area contributed by atoms with Gasteiger partial charge >= 0.3 is 0 Å². The van der Waals surface area contributed by atoms with E-state index in [0.717, 1.165) is 11.8 Å². The standard InChI is InChI=1S/C18H26O3/c1-3-12-15(19-12)7-10(1)18(6-5-14-17(9-18)21-14)11-2-4-13-16(8-11)20-13/h10-17H,1-9H2. The number of hydrogen-bond donors (Lipinski definition) is 0. The Morgan fingerprint density at radius 3 is 1.71 bits per heavy atom. The predicted molar refractivity (Wildman–Crippen MR) is 76.9 cm³/mol. The average molecular weight is 290 g/mol. The number of epoxide rings is 3. The Kier molecular flexibility index (Phi) is 2.37. The molecule has 8 unspecified atom stereocenters. The molecule has 6 rings (SSSR count). The monoisotopic (exact) mass is 290 g/mol. The van der Waals surface area contributed by atoms with Crippen LogP contribution in [0.25, 0.3) is 0 Å². The topological polar surface area (TPSA) is 37.6 Å². The van der Waals surface area contributed by atoms with Crippen molar-refractivity contribution in [1.29, 1.82) is 0 Å². The maximum atomic E-state index is 5.93. The van der Waals surface area contributed by atoms with Gasteiger partial charge in [0.05, 0.1) is 36.6 Å². The van der Waals surface area contributed by atoms with Crippen molar-refractivity contribution in [2.75, 3.05) is 0 Å². The Bertz CT molecular complexity index is 435. The molecule has 0 amide bonds. The zero-order valence-electron chi connectivity index (χ0n) is 12.7. The van der Waals surface area contributed by atoms with Crippen LogP contribution in [0.15, 0.2) is 0 Å². The molecule has 0 bridgehead atoms. The minimum atomic E-state index is 0.561. The molecule has 6 fully saturated rings. The minimum absolute atomic E-state index is 0.561. The Morgan fingerprint density at radius 1 is 0.571 bits per heavy atom. The lowest BCUT2D eigenvalue weighted by Gasteiger charge is -2.50. The molecule has 3 saturated carbocycles. The molecule has 0 aromatic heterocycles. The quantitative estimate of drug-likeness (QED) is 0.734. The molecule has 3 aliphatic carbocycles. The predicted octanol–water partition coefficient (Wildman–Crippen LogP) is 3.06. The van der Waals surface area contributed by atoms with Crippen LogP contribution in [0.1, 0.15) is 57.8 Å². The van der Waals surface area contributed by atoms with Gasteiger partial charge in [-0.15, -0.1) is 0 Å². The van der Waals surface area contributed by atoms with Gasteiger partial charge in [0.15, 0.2) is 0 Å². The van der Waals surface area contributed by atoms with Gasteiger partial charge in [-0.1, -0.05) is 0 Å². The summed E-state index contributed by atoms with van der Waals surface area (Å²) in [5.41, 5.74) is 0.561. The van der Waals surface area contributed by atoms with Gasteiger partial charge in [0.2, 0.25) is 0 Å². The van der Waals surface area contributed by atoms with Crippen LogP contribution in [0.2, 0.25) is 0 Å². The number of fused-ring (bicyclic) bond motifs is 3. The van der Waals surface area contributed by atoms with Crippen molar-refractivity contribution < 1.29 is 14.2 Å². The highest BCUT2D eigenvalue weighted by atomic mass is 16.6. The number of ether oxygens (including phenoxy) is 3. The van der Waals surface area contributed by atoms with E-state index >= 15 is 0 Å². The van der Waals surface area contributed by atoms with Crippen molar-refractivity contribution in [3.05, 3.63) is 0 Å². The molecular weight excluding hydrogens is 264 g/mol. The molecule has 3 saturated heterocycles. The van der Waals surface area contributed by atoms with E-state index in [1.165, 1.54) is 57.8 Å². The highest BCUT2D eigenvalue weighted by Gasteiger charge is 2.60. The molecule has 21 heavy (non-hydrogen) atoms. The van der Waals surface area contributed by atoms with Crippen LogP contribution in [0, 0.1) is 17.3 Å². The Labute approximate surface area is 126 Å². The van der Waals surface area contributed by atoms with Gasteiger partial charge in [0.25, 0.3) is 0 Å². The van der Waals surface area contributed by atoms with Crippen LogP contribution in [-0.2, 0) is 14.2 Å². The highest BCUT2D eigenvalue weighted by molar-refractivity contribution is 5.09. The molecule has 0 N–H and O–H groups in total. The molecule has 6 aliphatic rings. The molecule has 8 atom stereocenters. The van der Waals surface area contributed by atoms with Crippen molar-refractivity contribution in [3.8, 4) is 0 Å². The third kappa shape index (κ3) is 1.83. The first-order chi connectivity index (χ1) is 10.3. The lowest BCUT2D eigenvalue weighted by molar-refractivity contribution is -0.000394. The van der Waals surface area contributed by atoms with E-state index in [4.69, 9.17) is 14.2 Å². The summed E-state index contributed by atoms with van der Waals surface area (Å²) in [6, 6.07) is 0. The molecule has 0 radical (unpaired) electrons. The van der Waals surface area contributed by atoms with Gasteiger partial charge in [0, 0.05) is 0 Å². The second-order valence-corrected chi connectivity index (χ2v) is 8.63. The van der Waals surface area contributed by atoms with Crippen LogP contribution < -0.4 is 0 Å². The van der Waals surface area contributed by atoms with E-state index in [0.29, 0.717) is 42.0 Å². The minimum Gasteiger partial charge on any atom is -0.370 e. The normalized spacial score (nSPS) is 64.0. The second-order valence-electron chi connectivity index (χ2n) is 8.63. The summed E-state index contributed by atoms with van der Waals surface area (Å²) in [6.07, 6.45) is 16.0. The van der Waals surface area contributed by atoms with Crippen molar-refractivity contribution >= 4 is 0 Å². The fourth-order valence-electron chi connectivity index (χ4n) is 6.43. The summed E-state index contributed by atoms with van der Waals surface area (Å²) in [7, 11) is 0. The van der Waals surface area contributed by atoms with E-state index < -0.39 is 0 Å². The summed E-state index contributed by atoms with van der Waals surface area (Å²) in [5.74, 6) is 1.79. The van der Waals surface area contributed by atoms with Crippen LogP contribution in [-0.4, -0.2) is 36.6 Å². The van der Waals surface area contributed by atoms with Crippen LogP contribution in [0.3, 0.4) is 0 Å². The van der Waals surface area contributed by atoms with Gasteiger partial charge in [-0.05, 0) is 75.0 Å². The zero-order valence-corrected chi connectivity index (χ0v) is 12.7. The van der Waals surface area contributed by atoms with E-state index in [1.807, 2.05) is 0 Å². The summed E-state index contributed by atoms with van der Waals surface area (Å²) < 4.78 is 17.6. The molecule has 116 valence electrons. The Hall–Kier alpha value is -0.120. The molecule has 3 nitrogen and oxygen atoms in total. The SMILES string of the molecule is C1CC(C2(C3CCC4OC4C3)CCC3OC3C2)CC2OC12. The zero-order chi connectivity index (χ0) is 13.6. The van der Waals surface area contributed by atoms with Crippen LogP contribution in [0.4, 0.5) is 0 Å². The molecule has 3 aliphatic heterocycles. The lowest BCUT2D eigenvalue weighted by atomic mass is 9.53. The van der Waals surface area contributed by atoms with Crippen molar-refractivity contribution in [1.82, 2.24) is 0 Å². The first kappa shape index (κ1) is 12.3. The fraction of sp³-hybridized carbons (Fsp3) is 1.00. The largest absolute Gasteiger partial charge is 0.370 e.